The summed E-state index contributed by atoms with van der Waals surface area (Å²) in [6.07, 6.45) is -0.690. The third-order valence-corrected chi connectivity index (χ3v) is 2.10. The number of hydrogen-bond acceptors (Lipinski definition) is 3. The highest BCUT2D eigenvalue weighted by atomic mass is 35.5. The summed E-state index contributed by atoms with van der Waals surface area (Å²) in [6, 6.07) is 5.99. The van der Waals surface area contributed by atoms with Crippen molar-refractivity contribution in [2.45, 2.75) is 6.10 Å². The molecule has 4 N–H and O–H groups in total. The number of halogens is 1. The van der Waals surface area contributed by atoms with E-state index in [0.717, 1.165) is 0 Å². The lowest BCUT2D eigenvalue weighted by atomic mass is 10.3. The number of ether oxygens (including phenoxy) is 1. The molecule has 1 atom stereocenters. The van der Waals surface area contributed by atoms with Gasteiger partial charge in [-0.1, -0.05) is 0 Å². The zero-order valence-electron chi connectivity index (χ0n) is 8.52. The number of rotatable bonds is 5. The van der Waals surface area contributed by atoms with E-state index in [-0.39, 0.29) is 12.5 Å². The monoisotopic (exact) mass is 244 g/mol. The summed E-state index contributed by atoms with van der Waals surface area (Å²) in [7, 11) is 0. The van der Waals surface area contributed by atoms with Crippen molar-refractivity contribution < 1.29 is 14.6 Å². The van der Waals surface area contributed by atoms with E-state index in [0.29, 0.717) is 11.4 Å². The fourth-order valence-corrected chi connectivity index (χ4v) is 1.10. The predicted molar refractivity (Wildman–Crippen MR) is 61.9 cm³/mol. The van der Waals surface area contributed by atoms with E-state index in [1.165, 1.54) is 0 Å². The van der Waals surface area contributed by atoms with Gasteiger partial charge in [0.1, 0.15) is 18.5 Å². The Balaban J connectivity index is 2.48. The van der Waals surface area contributed by atoms with Crippen LogP contribution in [0.4, 0.5) is 10.5 Å². The molecular formula is C10H13ClN2O3. The van der Waals surface area contributed by atoms with Crippen LogP contribution in [-0.2, 0) is 0 Å². The smallest absolute Gasteiger partial charge is 0.316 e. The lowest BCUT2D eigenvalue weighted by Crippen LogP contribution is -2.19. The van der Waals surface area contributed by atoms with Gasteiger partial charge >= 0.3 is 6.03 Å². The molecule has 5 nitrogen and oxygen atoms in total. The molecule has 16 heavy (non-hydrogen) atoms. The van der Waals surface area contributed by atoms with Crippen LogP contribution in [0.15, 0.2) is 24.3 Å². The Labute approximate surface area is 98.2 Å². The second-order valence-corrected chi connectivity index (χ2v) is 3.44. The first-order valence-electron chi connectivity index (χ1n) is 4.65. The van der Waals surface area contributed by atoms with Crippen LogP contribution in [-0.4, -0.2) is 29.7 Å². The average molecular weight is 245 g/mol. The lowest BCUT2D eigenvalue weighted by Gasteiger charge is -2.10. The molecule has 0 aliphatic rings. The van der Waals surface area contributed by atoms with Crippen molar-refractivity contribution in [3.8, 4) is 5.75 Å². The van der Waals surface area contributed by atoms with Gasteiger partial charge in [0, 0.05) is 5.69 Å². The van der Waals surface area contributed by atoms with Gasteiger partial charge in [-0.3, -0.25) is 0 Å². The lowest BCUT2D eigenvalue weighted by molar-refractivity contribution is 0.125. The molecule has 0 saturated carbocycles. The van der Waals surface area contributed by atoms with Crippen LogP contribution < -0.4 is 15.8 Å². The van der Waals surface area contributed by atoms with Crippen LogP contribution in [0.25, 0.3) is 0 Å². The van der Waals surface area contributed by atoms with Crippen molar-refractivity contribution in [2.75, 3.05) is 17.8 Å². The summed E-state index contributed by atoms with van der Waals surface area (Å²) in [4.78, 5) is 10.5. The topological polar surface area (TPSA) is 84.6 Å². The number of aliphatic hydroxyl groups is 1. The zero-order chi connectivity index (χ0) is 12.0. The van der Waals surface area contributed by atoms with Crippen molar-refractivity contribution in [2.24, 2.45) is 5.73 Å². The number of anilines is 1. The maximum atomic E-state index is 10.5. The number of primary amides is 1. The molecule has 0 bridgehead atoms. The number of benzene rings is 1. The molecule has 0 saturated heterocycles. The number of urea groups is 1. The summed E-state index contributed by atoms with van der Waals surface area (Å²) in [5.41, 5.74) is 5.53. The van der Waals surface area contributed by atoms with Gasteiger partial charge in [0.05, 0.1) is 5.88 Å². The second-order valence-electron chi connectivity index (χ2n) is 3.13. The van der Waals surface area contributed by atoms with Crippen LogP contribution >= 0.6 is 11.6 Å². The zero-order valence-corrected chi connectivity index (χ0v) is 9.28. The number of alkyl halides is 1. The molecule has 6 heteroatoms. The fourth-order valence-electron chi connectivity index (χ4n) is 1.01. The fraction of sp³-hybridized carbons (Fsp3) is 0.300. The number of carbonyl (C=O) groups excluding carboxylic acids is 1. The van der Waals surface area contributed by atoms with E-state index in [1.54, 1.807) is 24.3 Å². The van der Waals surface area contributed by atoms with Crippen molar-refractivity contribution in [3.05, 3.63) is 24.3 Å². The van der Waals surface area contributed by atoms with E-state index in [2.05, 4.69) is 5.32 Å². The Bertz CT molecular complexity index is 342. The first-order chi connectivity index (χ1) is 7.61. The molecule has 1 aromatic rings. The maximum Gasteiger partial charge on any atom is 0.316 e. The molecule has 1 rings (SSSR count). The van der Waals surface area contributed by atoms with E-state index < -0.39 is 12.1 Å². The number of nitrogens with two attached hydrogens (primary N) is 1. The average Bonchev–Trinajstić information content (AvgIpc) is 2.27. The SMILES string of the molecule is NC(=O)Nc1ccc(OCC(O)CCl)cc1. The molecule has 0 fully saturated rings. The molecule has 1 aromatic carbocycles. The second kappa shape index (κ2) is 6.19. The van der Waals surface area contributed by atoms with Crippen molar-refractivity contribution in [1.82, 2.24) is 0 Å². The Morgan fingerprint density at radius 3 is 2.62 bits per heavy atom. The van der Waals surface area contributed by atoms with Crippen LogP contribution in [0.3, 0.4) is 0 Å². The summed E-state index contributed by atoms with van der Waals surface area (Å²) < 4.78 is 5.24. The van der Waals surface area contributed by atoms with Gasteiger partial charge in [0.15, 0.2) is 0 Å². The van der Waals surface area contributed by atoms with E-state index in [4.69, 9.17) is 27.2 Å². The first kappa shape index (κ1) is 12.6. The van der Waals surface area contributed by atoms with Crippen LogP contribution in [0.5, 0.6) is 5.75 Å². The van der Waals surface area contributed by atoms with Gasteiger partial charge in [-0.15, -0.1) is 11.6 Å². The molecule has 0 spiro atoms. The Hall–Kier alpha value is -1.46. The van der Waals surface area contributed by atoms with Crippen molar-refractivity contribution in [1.29, 1.82) is 0 Å². The van der Waals surface area contributed by atoms with E-state index in [9.17, 15) is 4.79 Å². The molecule has 0 heterocycles. The minimum Gasteiger partial charge on any atom is -0.491 e. The van der Waals surface area contributed by atoms with Gasteiger partial charge < -0.3 is 20.9 Å². The quantitative estimate of drug-likeness (QED) is 0.680. The normalized spacial score (nSPS) is 11.9. The molecule has 0 aromatic heterocycles. The summed E-state index contributed by atoms with van der Waals surface area (Å²) in [6.45, 7) is 0.131. The summed E-state index contributed by atoms with van der Waals surface area (Å²) in [5, 5.41) is 11.6. The van der Waals surface area contributed by atoms with Crippen LogP contribution in [0.1, 0.15) is 0 Å². The Kier molecular flexibility index (Phi) is 4.88. The number of amides is 2. The highest BCUT2D eigenvalue weighted by Gasteiger charge is 2.03. The molecule has 1 unspecified atom stereocenters. The maximum absolute atomic E-state index is 10.5. The molecule has 88 valence electrons. The first-order valence-corrected chi connectivity index (χ1v) is 5.18. The van der Waals surface area contributed by atoms with Gasteiger partial charge in [-0.2, -0.15) is 0 Å². The standard InChI is InChI=1S/C10H13ClN2O3/c11-5-8(14)6-16-9-3-1-7(2-4-9)13-10(12)15/h1-4,8,14H,5-6H2,(H3,12,13,15). The van der Waals surface area contributed by atoms with Gasteiger partial charge in [-0.25, -0.2) is 4.79 Å². The Morgan fingerprint density at radius 1 is 1.50 bits per heavy atom. The largest absolute Gasteiger partial charge is 0.491 e. The summed E-state index contributed by atoms with van der Waals surface area (Å²) >= 11 is 5.41. The Morgan fingerprint density at radius 2 is 2.12 bits per heavy atom. The third kappa shape index (κ3) is 4.37. The molecular weight excluding hydrogens is 232 g/mol. The molecule has 0 aliphatic heterocycles. The third-order valence-electron chi connectivity index (χ3n) is 1.74. The van der Waals surface area contributed by atoms with Gasteiger partial charge in [0.2, 0.25) is 0 Å². The van der Waals surface area contributed by atoms with Crippen LogP contribution in [0, 0.1) is 0 Å². The number of aliphatic hydroxyl groups excluding tert-OH is 1. The number of carbonyl (C=O) groups is 1. The van der Waals surface area contributed by atoms with Crippen LogP contribution in [0.2, 0.25) is 0 Å². The minimum absolute atomic E-state index is 0.126. The van der Waals surface area contributed by atoms with Gasteiger partial charge in [0.25, 0.3) is 0 Å². The molecule has 2 amide bonds. The van der Waals surface area contributed by atoms with Crippen molar-refractivity contribution >= 4 is 23.3 Å². The van der Waals surface area contributed by atoms with E-state index in [1.807, 2.05) is 0 Å². The number of nitrogens with one attached hydrogen (secondary N) is 1. The molecule has 0 radical (unpaired) electrons. The number of hydrogen-bond donors (Lipinski definition) is 3. The highest BCUT2D eigenvalue weighted by molar-refractivity contribution is 6.18. The van der Waals surface area contributed by atoms with E-state index >= 15 is 0 Å². The molecule has 0 aliphatic carbocycles. The minimum atomic E-state index is -0.690. The van der Waals surface area contributed by atoms with Crippen molar-refractivity contribution in [3.63, 3.8) is 0 Å². The van der Waals surface area contributed by atoms with Gasteiger partial charge in [-0.05, 0) is 24.3 Å². The predicted octanol–water partition coefficient (Wildman–Crippen LogP) is 1.16. The highest BCUT2D eigenvalue weighted by Crippen LogP contribution is 2.15. The summed E-state index contributed by atoms with van der Waals surface area (Å²) in [5.74, 6) is 0.709.